The van der Waals surface area contributed by atoms with Gasteiger partial charge in [-0.3, -0.25) is 0 Å². The molecule has 0 saturated carbocycles. The number of benzene rings is 3. The van der Waals surface area contributed by atoms with Gasteiger partial charge in [0.25, 0.3) is 0 Å². The molecule has 0 aromatic heterocycles. The first-order valence-electron chi connectivity index (χ1n) is 9.09. The first kappa shape index (κ1) is 20.6. The van der Waals surface area contributed by atoms with Crippen LogP contribution >= 0.6 is 11.6 Å². The maximum Gasteiger partial charge on any atom is 0.335 e. The number of rotatable bonds is 8. The minimum atomic E-state index is -0.968. The molecule has 0 fully saturated rings. The summed E-state index contributed by atoms with van der Waals surface area (Å²) < 4.78 is 11.5. The van der Waals surface area contributed by atoms with Crippen LogP contribution in [0.5, 0.6) is 11.5 Å². The predicted molar refractivity (Wildman–Crippen MR) is 114 cm³/mol. The lowest BCUT2D eigenvalue weighted by atomic mass is 10.1. The van der Waals surface area contributed by atoms with Crippen molar-refractivity contribution in [3.05, 3.63) is 87.9 Å². The van der Waals surface area contributed by atoms with Crippen molar-refractivity contribution in [3.8, 4) is 11.5 Å². The van der Waals surface area contributed by atoms with Gasteiger partial charge in [0.2, 0.25) is 0 Å². The molecule has 0 spiro atoms. The van der Waals surface area contributed by atoms with Crippen molar-refractivity contribution in [1.82, 2.24) is 0 Å². The van der Waals surface area contributed by atoms with E-state index in [1.807, 2.05) is 43.3 Å². The summed E-state index contributed by atoms with van der Waals surface area (Å²) in [4.78, 5) is 11.3. The van der Waals surface area contributed by atoms with Crippen LogP contribution in [0.2, 0.25) is 5.02 Å². The molecule has 0 bridgehead atoms. The number of halogens is 1. The summed E-state index contributed by atoms with van der Waals surface area (Å²) >= 11 is 6.26. The summed E-state index contributed by atoms with van der Waals surface area (Å²) in [6, 6.07) is 18.3. The van der Waals surface area contributed by atoms with E-state index >= 15 is 0 Å². The van der Waals surface area contributed by atoms with Gasteiger partial charge >= 0.3 is 5.97 Å². The van der Waals surface area contributed by atoms with E-state index in [2.05, 4.69) is 5.32 Å². The quantitative estimate of drug-likeness (QED) is 0.509. The van der Waals surface area contributed by atoms with Gasteiger partial charge < -0.3 is 19.9 Å². The van der Waals surface area contributed by atoms with Crippen LogP contribution in [0.4, 0.5) is 5.69 Å². The van der Waals surface area contributed by atoms with Crippen molar-refractivity contribution in [2.75, 3.05) is 12.4 Å². The molecule has 0 unspecified atom stereocenters. The fourth-order valence-corrected chi connectivity index (χ4v) is 3.17. The number of hydrogen-bond donors (Lipinski definition) is 2. The maximum atomic E-state index is 11.3. The molecule has 0 radical (unpaired) electrons. The lowest BCUT2D eigenvalue weighted by molar-refractivity contribution is 0.0697. The standard InChI is InChI=1S/C23H22ClNO4/c1-15-8-9-17(23(26)27)11-20(15)25-13-18-10-19(24)12-21(28-2)22(18)29-14-16-6-4-3-5-7-16/h3-12,25H,13-14H2,1-2H3,(H,26,27). The highest BCUT2D eigenvalue weighted by atomic mass is 35.5. The predicted octanol–water partition coefficient (Wildman–Crippen LogP) is 5.55. The van der Waals surface area contributed by atoms with Crippen molar-refractivity contribution >= 4 is 23.3 Å². The molecule has 0 aliphatic heterocycles. The zero-order chi connectivity index (χ0) is 20.8. The Morgan fingerprint density at radius 3 is 2.55 bits per heavy atom. The number of ether oxygens (including phenoxy) is 2. The Balaban J connectivity index is 1.85. The molecule has 0 saturated heterocycles. The van der Waals surface area contributed by atoms with Crippen molar-refractivity contribution in [2.24, 2.45) is 0 Å². The summed E-state index contributed by atoms with van der Waals surface area (Å²) in [5, 5.41) is 13.0. The Morgan fingerprint density at radius 2 is 1.86 bits per heavy atom. The lowest BCUT2D eigenvalue weighted by Crippen LogP contribution is -2.07. The third-order valence-electron chi connectivity index (χ3n) is 4.50. The molecular formula is C23H22ClNO4. The van der Waals surface area contributed by atoms with Crippen LogP contribution in [0, 0.1) is 6.92 Å². The molecule has 150 valence electrons. The molecule has 6 heteroatoms. The monoisotopic (exact) mass is 411 g/mol. The molecule has 0 aliphatic rings. The molecular weight excluding hydrogens is 390 g/mol. The minimum absolute atomic E-state index is 0.224. The van der Waals surface area contributed by atoms with Gasteiger partial charge in [-0.15, -0.1) is 0 Å². The summed E-state index contributed by atoms with van der Waals surface area (Å²) in [7, 11) is 1.57. The average Bonchev–Trinajstić information content (AvgIpc) is 2.72. The van der Waals surface area contributed by atoms with Crippen molar-refractivity contribution in [1.29, 1.82) is 0 Å². The molecule has 0 heterocycles. The van der Waals surface area contributed by atoms with Gasteiger partial charge in [0, 0.05) is 28.9 Å². The van der Waals surface area contributed by atoms with Gasteiger partial charge in [0.15, 0.2) is 11.5 Å². The molecule has 0 aliphatic carbocycles. The summed E-state index contributed by atoms with van der Waals surface area (Å²) in [5.41, 5.74) is 3.75. The van der Waals surface area contributed by atoms with Gasteiger partial charge in [-0.1, -0.05) is 48.0 Å². The molecule has 5 nitrogen and oxygen atoms in total. The number of carboxylic acid groups (broad SMARTS) is 1. The number of anilines is 1. The van der Waals surface area contributed by atoms with Crippen LogP contribution < -0.4 is 14.8 Å². The van der Waals surface area contributed by atoms with Gasteiger partial charge in [-0.05, 0) is 36.2 Å². The Morgan fingerprint density at radius 1 is 1.10 bits per heavy atom. The van der Waals surface area contributed by atoms with Gasteiger partial charge in [-0.2, -0.15) is 0 Å². The average molecular weight is 412 g/mol. The zero-order valence-electron chi connectivity index (χ0n) is 16.2. The van der Waals surface area contributed by atoms with Crippen LogP contribution in [-0.4, -0.2) is 18.2 Å². The van der Waals surface area contributed by atoms with E-state index in [1.165, 1.54) is 0 Å². The van der Waals surface area contributed by atoms with E-state index in [1.54, 1.807) is 31.4 Å². The summed E-state index contributed by atoms with van der Waals surface area (Å²) in [5.74, 6) is 0.172. The summed E-state index contributed by atoms with van der Waals surface area (Å²) in [6.45, 7) is 2.70. The summed E-state index contributed by atoms with van der Waals surface area (Å²) in [6.07, 6.45) is 0. The second-order valence-electron chi connectivity index (χ2n) is 6.56. The highest BCUT2D eigenvalue weighted by molar-refractivity contribution is 6.30. The first-order chi connectivity index (χ1) is 14.0. The number of aryl methyl sites for hydroxylation is 1. The normalized spacial score (nSPS) is 10.4. The number of aromatic carboxylic acids is 1. The molecule has 0 atom stereocenters. The third-order valence-corrected chi connectivity index (χ3v) is 4.71. The van der Waals surface area contributed by atoms with E-state index in [9.17, 15) is 9.90 Å². The largest absolute Gasteiger partial charge is 0.493 e. The second kappa shape index (κ2) is 9.34. The fraction of sp³-hybridized carbons (Fsp3) is 0.174. The second-order valence-corrected chi connectivity index (χ2v) is 7.00. The van der Waals surface area contributed by atoms with Crippen LogP contribution in [0.3, 0.4) is 0 Å². The highest BCUT2D eigenvalue weighted by Crippen LogP contribution is 2.36. The smallest absolute Gasteiger partial charge is 0.335 e. The molecule has 3 aromatic rings. The van der Waals surface area contributed by atoms with E-state index in [4.69, 9.17) is 21.1 Å². The Hall–Kier alpha value is -3.18. The van der Waals surface area contributed by atoms with E-state index in [0.717, 1.165) is 22.4 Å². The molecule has 3 rings (SSSR count). The number of hydrogen-bond acceptors (Lipinski definition) is 4. The van der Waals surface area contributed by atoms with E-state index in [-0.39, 0.29) is 5.56 Å². The Labute approximate surface area is 174 Å². The third kappa shape index (κ3) is 5.21. The van der Waals surface area contributed by atoms with Crippen molar-refractivity contribution in [3.63, 3.8) is 0 Å². The first-order valence-corrected chi connectivity index (χ1v) is 9.46. The topological polar surface area (TPSA) is 67.8 Å². The fourth-order valence-electron chi connectivity index (χ4n) is 2.94. The van der Waals surface area contributed by atoms with E-state index < -0.39 is 5.97 Å². The van der Waals surface area contributed by atoms with Gasteiger partial charge in [-0.25, -0.2) is 4.79 Å². The number of methoxy groups -OCH3 is 1. The molecule has 2 N–H and O–H groups in total. The number of nitrogens with one attached hydrogen (secondary N) is 1. The number of carbonyl (C=O) groups is 1. The van der Waals surface area contributed by atoms with Crippen LogP contribution in [0.1, 0.15) is 27.0 Å². The molecule has 3 aromatic carbocycles. The molecule has 29 heavy (non-hydrogen) atoms. The van der Waals surface area contributed by atoms with E-state index in [0.29, 0.717) is 29.7 Å². The maximum absolute atomic E-state index is 11.3. The van der Waals surface area contributed by atoms with Crippen molar-refractivity contribution < 1.29 is 19.4 Å². The Kier molecular flexibility index (Phi) is 6.62. The van der Waals surface area contributed by atoms with Crippen LogP contribution in [0.15, 0.2) is 60.7 Å². The van der Waals surface area contributed by atoms with Gasteiger partial charge in [0.05, 0.1) is 12.7 Å². The number of carboxylic acids is 1. The zero-order valence-corrected chi connectivity index (χ0v) is 17.0. The van der Waals surface area contributed by atoms with Crippen molar-refractivity contribution in [2.45, 2.75) is 20.1 Å². The molecule has 0 amide bonds. The lowest BCUT2D eigenvalue weighted by Gasteiger charge is -2.17. The van der Waals surface area contributed by atoms with Crippen LogP contribution in [0.25, 0.3) is 0 Å². The SMILES string of the molecule is COc1cc(Cl)cc(CNc2cc(C(=O)O)ccc2C)c1OCc1ccccc1. The highest BCUT2D eigenvalue weighted by Gasteiger charge is 2.14. The Bertz CT molecular complexity index is 1010. The van der Waals surface area contributed by atoms with Crippen LogP contribution in [-0.2, 0) is 13.2 Å². The minimum Gasteiger partial charge on any atom is -0.493 e. The van der Waals surface area contributed by atoms with Gasteiger partial charge in [0.1, 0.15) is 6.61 Å².